The molecule has 4 heteroatoms. The molecule has 0 aromatic heterocycles. The Hall–Kier alpha value is -1.81. The van der Waals surface area contributed by atoms with E-state index in [2.05, 4.69) is 15.9 Å². The molecule has 2 aromatic carbocycles. The smallest absolute Gasteiger partial charge is 0.221 e. The first-order chi connectivity index (χ1) is 8.58. The number of para-hydroxylation sites is 1. The monoisotopic (exact) mass is 305 g/mol. The van der Waals surface area contributed by atoms with Crippen LogP contribution < -0.4 is 5.73 Å². The molecule has 0 radical (unpaired) electrons. The second-order valence-corrected chi connectivity index (χ2v) is 4.83. The van der Waals surface area contributed by atoms with Crippen LogP contribution in [0.25, 0.3) is 11.1 Å². The first-order valence-corrected chi connectivity index (χ1v) is 6.22. The van der Waals surface area contributed by atoms with E-state index in [1.165, 1.54) is 0 Å². The van der Waals surface area contributed by atoms with Gasteiger partial charge in [0.1, 0.15) is 5.75 Å². The molecule has 2 rings (SSSR count). The Bertz CT molecular complexity index is 579. The third kappa shape index (κ3) is 2.71. The van der Waals surface area contributed by atoms with Gasteiger partial charge in [0.2, 0.25) is 5.91 Å². The van der Waals surface area contributed by atoms with Crippen LogP contribution in [0.2, 0.25) is 0 Å². The quantitative estimate of drug-likeness (QED) is 0.916. The summed E-state index contributed by atoms with van der Waals surface area (Å²) in [6.07, 6.45) is 0.227. The Morgan fingerprint density at radius 1 is 1.17 bits per heavy atom. The molecule has 0 atom stereocenters. The summed E-state index contributed by atoms with van der Waals surface area (Å²) in [5, 5.41) is 9.94. The third-order valence-corrected chi connectivity index (χ3v) is 3.27. The molecule has 92 valence electrons. The first-order valence-electron chi connectivity index (χ1n) is 5.43. The molecule has 1 amide bonds. The van der Waals surface area contributed by atoms with Crippen molar-refractivity contribution >= 4 is 21.8 Å². The number of phenols is 1. The fourth-order valence-electron chi connectivity index (χ4n) is 1.75. The Labute approximate surface area is 113 Å². The van der Waals surface area contributed by atoms with Gasteiger partial charge >= 0.3 is 0 Å². The Morgan fingerprint density at radius 3 is 2.44 bits per heavy atom. The molecule has 0 aliphatic carbocycles. The lowest BCUT2D eigenvalue weighted by Gasteiger charge is -2.07. The summed E-state index contributed by atoms with van der Waals surface area (Å²) < 4.78 is 0.654. The van der Waals surface area contributed by atoms with E-state index in [9.17, 15) is 9.90 Å². The second kappa shape index (κ2) is 5.23. The van der Waals surface area contributed by atoms with Crippen LogP contribution in [-0.4, -0.2) is 11.0 Å². The van der Waals surface area contributed by atoms with Gasteiger partial charge in [-0.15, -0.1) is 0 Å². The number of benzene rings is 2. The zero-order valence-electron chi connectivity index (χ0n) is 9.56. The lowest BCUT2D eigenvalue weighted by Crippen LogP contribution is -2.13. The molecule has 3 N–H and O–H groups in total. The van der Waals surface area contributed by atoms with Crippen LogP contribution in [0.15, 0.2) is 46.9 Å². The molecule has 0 bridgehead atoms. The number of carbonyl (C=O) groups excluding carboxylic acids is 1. The van der Waals surface area contributed by atoms with E-state index in [1.807, 2.05) is 36.4 Å². The van der Waals surface area contributed by atoms with Crippen molar-refractivity contribution < 1.29 is 9.90 Å². The van der Waals surface area contributed by atoms with Gasteiger partial charge in [-0.2, -0.15) is 0 Å². The summed E-state index contributed by atoms with van der Waals surface area (Å²) in [6.45, 7) is 0. The van der Waals surface area contributed by atoms with Crippen LogP contribution in [0, 0.1) is 0 Å². The minimum atomic E-state index is -0.354. The molecular formula is C14H12BrNO2. The van der Waals surface area contributed by atoms with E-state index in [0.29, 0.717) is 4.47 Å². The van der Waals surface area contributed by atoms with Crippen molar-refractivity contribution in [1.29, 1.82) is 0 Å². The number of rotatable bonds is 3. The number of nitrogens with two attached hydrogens (primary N) is 1. The van der Waals surface area contributed by atoms with Crippen molar-refractivity contribution in [3.8, 4) is 16.9 Å². The minimum absolute atomic E-state index is 0.208. The number of halogens is 1. The highest BCUT2D eigenvalue weighted by Crippen LogP contribution is 2.35. The van der Waals surface area contributed by atoms with E-state index >= 15 is 0 Å². The van der Waals surface area contributed by atoms with E-state index < -0.39 is 0 Å². The lowest BCUT2D eigenvalue weighted by molar-refractivity contribution is -0.117. The van der Waals surface area contributed by atoms with Crippen molar-refractivity contribution in [1.82, 2.24) is 0 Å². The van der Waals surface area contributed by atoms with Crippen LogP contribution >= 0.6 is 15.9 Å². The molecule has 3 nitrogen and oxygen atoms in total. The molecule has 0 heterocycles. The summed E-state index contributed by atoms with van der Waals surface area (Å²) in [4.78, 5) is 10.8. The topological polar surface area (TPSA) is 63.3 Å². The molecule has 0 spiro atoms. The maximum atomic E-state index is 10.8. The van der Waals surface area contributed by atoms with Crippen LogP contribution in [0.1, 0.15) is 5.56 Å². The summed E-state index contributed by atoms with van der Waals surface area (Å²) in [5.74, 6) is -0.145. The van der Waals surface area contributed by atoms with Gasteiger partial charge in [0, 0.05) is 5.56 Å². The second-order valence-electron chi connectivity index (χ2n) is 3.98. The number of phenolic OH excluding ortho intramolecular Hbond substituents is 1. The highest BCUT2D eigenvalue weighted by molar-refractivity contribution is 9.10. The average Bonchev–Trinajstić information content (AvgIpc) is 2.33. The first kappa shape index (κ1) is 12.6. The molecule has 0 aliphatic heterocycles. The largest absolute Gasteiger partial charge is 0.506 e. The maximum absolute atomic E-state index is 10.8. The highest BCUT2D eigenvalue weighted by atomic mass is 79.9. The molecule has 0 saturated heterocycles. The van der Waals surface area contributed by atoms with Gasteiger partial charge in [0.25, 0.3) is 0 Å². The number of primary amides is 1. The summed E-state index contributed by atoms with van der Waals surface area (Å²) in [6, 6.07) is 12.9. The minimum Gasteiger partial charge on any atom is -0.506 e. The Morgan fingerprint density at radius 2 is 1.83 bits per heavy atom. The molecule has 0 aliphatic rings. The fourth-order valence-corrected chi connectivity index (χ4v) is 2.12. The van der Waals surface area contributed by atoms with Crippen LogP contribution in [0.4, 0.5) is 0 Å². The fraction of sp³-hybridized carbons (Fsp3) is 0.0714. The van der Waals surface area contributed by atoms with Crippen molar-refractivity contribution in [3.63, 3.8) is 0 Å². The Kier molecular flexibility index (Phi) is 3.67. The van der Waals surface area contributed by atoms with Crippen molar-refractivity contribution in [2.24, 2.45) is 5.73 Å². The van der Waals surface area contributed by atoms with Gasteiger partial charge in [-0.05, 0) is 33.1 Å². The molecule has 0 unspecified atom stereocenters. The third-order valence-electron chi connectivity index (χ3n) is 2.63. The van der Waals surface area contributed by atoms with Gasteiger partial charge in [-0.1, -0.05) is 36.4 Å². The average molecular weight is 306 g/mol. The predicted molar refractivity (Wildman–Crippen MR) is 74.1 cm³/mol. The number of hydrogen-bond donors (Lipinski definition) is 2. The van der Waals surface area contributed by atoms with E-state index in [-0.39, 0.29) is 18.1 Å². The normalized spacial score (nSPS) is 10.3. The van der Waals surface area contributed by atoms with Gasteiger partial charge in [0.05, 0.1) is 10.9 Å². The maximum Gasteiger partial charge on any atom is 0.221 e. The lowest BCUT2D eigenvalue weighted by atomic mass is 10.0. The van der Waals surface area contributed by atoms with Gasteiger partial charge in [0.15, 0.2) is 0 Å². The van der Waals surface area contributed by atoms with Gasteiger partial charge in [-0.3, -0.25) is 4.79 Å². The molecule has 2 aromatic rings. The van der Waals surface area contributed by atoms with Gasteiger partial charge in [-0.25, -0.2) is 0 Å². The van der Waals surface area contributed by atoms with E-state index in [4.69, 9.17) is 5.73 Å². The van der Waals surface area contributed by atoms with Crippen LogP contribution in [-0.2, 0) is 11.2 Å². The number of carbonyl (C=O) groups is 1. The standard InChI is InChI=1S/C14H12BrNO2/c15-12-3-1-2-11(14(12)18)10-6-4-9(5-7-10)8-13(16)17/h1-7,18H,8H2,(H2,16,17). The number of aromatic hydroxyl groups is 1. The molecule has 18 heavy (non-hydrogen) atoms. The number of hydrogen-bond acceptors (Lipinski definition) is 2. The molecular weight excluding hydrogens is 294 g/mol. The van der Waals surface area contributed by atoms with E-state index in [0.717, 1.165) is 16.7 Å². The van der Waals surface area contributed by atoms with E-state index in [1.54, 1.807) is 6.07 Å². The van der Waals surface area contributed by atoms with Gasteiger partial charge < -0.3 is 10.8 Å². The summed E-state index contributed by atoms with van der Waals surface area (Å²) in [5.41, 5.74) is 7.63. The van der Waals surface area contributed by atoms with Crippen molar-refractivity contribution in [2.45, 2.75) is 6.42 Å². The summed E-state index contributed by atoms with van der Waals surface area (Å²) >= 11 is 3.28. The SMILES string of the molecule is NC(=O)Cc1ccc(-c2cccc(Br)c2O)cc1. The molecule has 0 fully saturated rings. The predicted octanol–water partition coefficient (Wildman–Crippen LogP) is 2.85. The Balaban J connectivity index is 2.34. The van der Waals surface area contributed by atoms with Crippen molar-refractivity contribution in [3.05, 3.63) is 52.5 Å². The number of amides is 1. The molecule has 0 saturated carbocycles. The zero-order chi connectivity index (χ0) is 13.1. The van der Waals surface area contributed by atoms with Crippen LogP contribution in [0.5, 0.6) is 5.75 Å². The highest BCUT2D eigenvalue weighted by Gasteiger charge is 2.07. The summed E-state index contributed by atoms with van der Waals surface area (Å²) in [7, 11) is 0. The van der Waals surface area contributed by atoms with Crippen molar-refractivity contribution in [2.75, 3.05) is 0 Å². The van der Waals surface area contributed by atoms with Crippen LogP contribution in [0.3, 0.4) is 0 Å². The zero-order valence-corrected chi connectivity index (χ0v) is 11.1.